The van der Waals surface area contributed by atoms with Crippen molar-refractivity contribution in [3.8, 4) is 6.07 Å². The summed E-state index contributed by atoms with van der Waals surface area (Å²) in [5.41, 5.74) is 4.37. The normalized spacial score (nSPS) is 21.8. The van der Waals surface area contributed by atoms with Crippen molar-refractivity contribution in [3.63, 3.8) is 0 Å². The Labute approximate surface area is 201 Å². The highest BCUT2D eigenvalue weighted by molar-refractivity contribution is 5.94. The first-order valence-electron chi connectivity index (χ1n) is 12.3. The first-order chi connectivity index (χ1) is 16.3. The largest absolute Gasteiger partial charge is 0.370 e. The highest BCUT2D eigenvalue weighted by Gasteiger charge is 2.39. The Bertz CT molecular complexity index is 1130. The third kappa shape index (κ3) is 4.16. The number of anilines is 1. The number of pyridine rings is 2. The summed E-state index contributed by atoms with van der Waals surface area (Å²) in [5, 5.41) is 10.3. The molecule has 1 atom stereocenters. The van der Waals surface area contributed by atoms with Crippen LogP contribution in [0.5, 0.6) is 0 Å². The molecule has 34 heavy (non-hydrogen) atoms. The molecular weight excluding hydrogens is 426 g/mol. The van der Waals surface area contributed by atoms with Crippen LogP contribution in [0.15, 0.2) is 24.5 Å². The van der Waals surface area contributed by atoms with Gasteiger partial charge in [-0.3, -0.25) is 9.78 Å². The third-order valence-corrected chi connectivity index (χ3v) is 7.37. The predicted molar refractivity (Wildman–Crippen MR) is 130 cm³/mol. The lowest BCUT2D eigenvalue weighted by Gasteiger charge is -2.44. The number of rotatable bonds is 4. The van der Waals surface area contributed by atoms with Gasteiger partial charge in [-0.2, -0.15) is 5.26 Å². The van der Waals surface area contributed by atoms with Gasteiger partial charge in [0.25, 0.3) is 5.91 Å². The molecule has 1 saturated carbocycles. The fourth-order valence-corrected chi connectivity index (χ4v) is 5.30. The molecule has 2 fully saturated rings. The van der Waals surface area contributed by atoms with Crippen molar-refractivity contribution in [1.82, 2.24) is 14.9 Å². The summed E-state index contributed by atoms with van der Waals surface area (Å²) >= 11 is 0. The highest BCUT2D eigenvalue weighted by Crippen LogP contribution is 2.46. The van der Waals surface area contributed by atoms with E-state index in [-0.39, 0.29) is 23.5 Å². The van der Waals surface area contributed by atoms with E-state index in [2.05, 4.69) is 43.6 Å². The van der Waals surface area contributed by atoms with Gasteiger partial charge in [-0.1, -0.05) is 13.8 Å². The summed E-state index contributed by atoms with van der Waals surface area (Å²) < 4.78 is 6.11. The first-order valence-corrected chi connectivity index (χ1v) is 12.3. The number of amides is 1. The third-order valence-electron chi connectivity index (χ3n) is 7.37. The van der Waals surface area contributed by atoms with Crippen molar-refractivity contribution in [2.45, 2.75) is 71.1 Å². The van der Waals surface area contributed by atoms with Crippen LogP contribution in [0.3, 0.4) is 0 Å². The average molecular weight is 460 g/mol. The zero-order chi connectivity index (χ0) is 24.0. The Morgan fingerprint density at radius 3 is 2.71 bits per heavy atom. The van der Waals surface area contributed by atoms with E-state index in [1.165, 1.54) is 0 Å². The van der Waals surface area contributed by atoms with E-state index < -0.39 is 0 Å². The van der Waals surface area contributed by atoms with Gasteiger partial charge in [0, 0.05) is 49.9 Å². The maximum Gasteiger partial charge on any atom is 0.255 e. The van der Waals surface area contributed by atoms with Gasteiger partial charge in [-0.25, -0.2) is 4.98 Å². The van der Waals surface area contributed by atoms with Crippen LogP contribution in [0.4, 0.5) is 5.82 Å². The van der Waals surface area contributed by atoms with Crippen molar-refractivity contribution in [2.75, 3.05) is 24.5 Å². The zero-order valence-corrected chi connectivity index (χ0v) is 20.5. The number of hydrogen-bond donors (Lipinski definition) is 0. The molecule has 4 heterocycles. The molecule has 7 heteroatoms. The van der Waals surface area contributed by atoms with Crippen molar-refractivity contribution in [2.24, 2.45) is 5.92 Å². The minimum absolute atomic E-state index is 0.0166. The van der Waals surface area contributed by atoms with E-state index in [4.69, 9.17) is 9.72 Å². The topological polar surface area (TPSA) is 82.4 Å². The lowest BCUT2D eigenvalue weighted by atomic mass is 9.87. The molecular formula is C27H33N5O2. The molecule has 0 radical (unpaired) electrons. The summed E-state index contributed by atoms with van der Waals surface area (Å²) in [6.45, 7) is 10.9. The molecule has 178 valence electrons. The van der Waals surface area contributed by atoms with E-state index in [0.29, 0.717) is 49.7 Å². The quantitative estimate of drug-likeness (QED) is 0.686. The second-order valence-corrected chi connectivity index (χ2v) is 10.8. The molecule has 2 aromatic rings. The molecule has 3 aliphatic rings. The van der Waals surface area contributed by atoms with Crippen LogP contribution in [-0.2, 0) is 17.8 Å². The molecule has 0 spiro atoms. The Balaban J connectivity index is 1.50. The molecule has 7 nitrogen and oxygen atoms in total. The second kappa shape index (κ2) is 8.66. The van der Waals surface area contributed by atoms with Crippen LogP contribution in [0.25, 0.3) is 0 Å². The first kappa shape index (κ1) is 22.8. The maximum absolute atomic E-state index is 13.3. The fourth-order valence-electron chi connectivity index (χ4n) is 5.30. The van der Waals surface area contributed by atoms with Gasteiger partial charge in [-0.05, 0) is 50.3 Å². The van der Waals surface area contributed by atoms with Gasteiger partial charge in [0.15, 0.2) is 0 Å². The smallest absolute Gasteiger partial charge is 0.255 e. The summed E-state index contributed by atoms with van der Waals surface area (Å²) in [7, 11) is 0. The van der Waals surface area contributed by atoms with Gasteiger partial charge < -0.3 is 14.5 Å². The molecule has 5 rings (SSSR count). The summed E-state index contributed by atoms with van der Waals surface area (Å²) in [5.74, 6) is 1.55. The Morgan fingerprint density at radius 2 is 2.06 bits per heavy atom. The number of aromatic nitrogens is 2. The number of fused-ring (bicyclic) bond motifs is 1. The Hall–Kier alpha value is -2.98. The number of nitrogens with zero attached hydrogens (tertiary/aromatic N) is 5. The van der Waals surface area contributed by atoms with Crippen LogP contribution in [0.2, 0.25) is 0 Å². The van der Waals surface area contributed by atoms with E-state index in [9.17, 15) is 10.1 Å². The lowest BCUT2D eigenvalue weighted by Crippen LogP contribution is -2.57. The Morgan fingerprint density at radius 1 is 1.26 bits per heavy atom. The summed E-state index contributed by atoms with van der Waals surface area (Å²) in [6, 6.07) is 6.15. The molecule has 1 amide bonds. The van der Waals surface area contributed by atoms with E-state index >= 15 is 0 Å². The number of piperazine rings is 1. The molecule has 0 bridgehead atoms. The monoisotopic (exact) mass is 459 g/mol. The standard InChI is InChI=1S/C27H33N5O2/c1-17(2)23-15-31(10-11-32(23)26(33)19-6-5-9-29-14-19)25-21(13-28)20-12-27(3,4)34-16-22(20)24(30-25)18-7-8-18/h5-6,9,14,17-18,23H,7-8,10-12,15-16H2,1-4H3/t23-/m0/s1. The van der Waals surface area contributed by atoms with Crippen molar-refractivity contribution < 1.29 is 9.53 Å². The predicted octanol–water partition coefficient (Wildman–Crippen LogP) is 4.06. The van der Waals surface area contributed by atoms with Crippen LogP contribution in [0.1, 0.15) is 79.2 Å². The fraction of sp³-hybridized carbons (Fsp3) is 0.556. The number of ether oxygens (including phenoxy) is 1. The van der Waals surface area contributed by atoms with E-state index in [1.54, 1.807) is 18.5 Å². The number of carbonyl (C=O) groups is 1. The minimum atomic E-state index is -0.298. The molecule has 0 N–H and O–H groups in total. The van der Waals surface area contributed by atoms with Gasteiger partial charge >= 0.3 is 0 Å². The number of nitriles is 1. The van der Waals surface area contributed by atoms with Crippen molar-refractivity contribution in [1.29, 1.82) is 5.26 Å². The minimum Gasteiger partial charge on any atom is -0.370 e. The zero-order valence-electron chi connectivity index (χ0n) is 20.5. The van der Waals surface area contributed by atoms with Gasteiger partial charge in [0.05, 0.1) is 35.1 Å². The summed E-state index contributed by atoms with van der Waals surface area (Å²) in [6.07, 6.45) is 6.33. The average Bonchev–Trinajstić information content (AvgIpc) is 3.67. The second-order valence-electron chi connectivity index (χ2n) is 10.8. The van der Waals surface area contributed by atoms with Crippen molar-refractivity contribution >= 4 is 11.7 Å². The molecule has 2 aliphatic heterocycles. The number of hydrogen-bond acceptors (Lipinski definition) is 6. The van der Waals surface area contributed by atoms with Crippen molar-refractivity contribution in [3.05, 3.63) is 52.5 Å². The van der Waals surface area contributed by atoms with Crippen LogP contribution in [0, 0.1) is 17.2 Å². The molecule has 0 unspecified atom stereocenters. The van der Waals surface area contributed by atoms with Crippen LogP contribution < -0.4 is 4.90 Å². The Kier molecular flexibility index (Phi) is 5.81. The molecule has 1 aliphatic carbocycles. The molecule has 1 saturated heterocycles. The van der Waals surface area contributed by atoms with Gasteiger partial charge in [0.2, 0.25) is 0 Å². The lowest BCUT2D eigenvalue weighted by molar-refractivity contribution is -0.0407. The maximum atomic E-state index is 13.3. The summed E-state index contributed by atoms with van der Waals surface area (Å²) in [4.78, 5) is 26.7. The van der Waals surface area contributed by atoms with Crippen LogP contribution >= 0.6 is 0 Å². The van der Waals surface area contributed by atoms with E-state index in [1.807, 2.05) is 11.0 Å². The van der Waals surface area contributed by atoms with Gasteiger partial charge in [0.1, 0.15) is 11.9 Å². The molecule has 2 aromatic heterocycles. The highest BCUT2D eigenvalue weighted by atomic mass is 16.5. The van der Waals surface area contributed by atoms with Crippen LogP contribution in [-0.4, -0.2) is 52.1 Å². The number of carbonyl (C=O) groups excluding carboxylic acids is 1. The SMILES string of the molecule is CC(C)[C@@H]1CN(c2nc(C3CC3)c3c(c2C#N)CC(C)(C)OC3)CCN1C(=O)c1cccnc1. The van der Waals surface area contributed by atoms with E-state index in [0.717, 1.165) is 35.5 Å². The van der Waals surface area contributed by atoms with Gasteiger partial charge in [-0.15, -0.1) is 0 Å². The molecule has 0 aromatic carbocycles.